The number of hydrogen-bond acceptors (Lipinski definition) is 1. The second kappa shape index (κ2) is 5.57. The molecule has 1 nitrogen and oxygen atoms in total. The second-order valence-electron chi connectivity index (χ2n) is 4.53. The van der Waals surface area contributed by atoms with E-state index < -0.39 is 5.82 Å². The first-order valence-corrected chi connectivity index (χ1v) is 6.32. The summed E-state index contributed by atoms with van der Waals surface area (Å²) in [5, 5.41) is 3.42. The highest BCUT2D eigenvalue weighted by molar-refractivity contribution is 6.30. The number of aryl methyl sites for hydroxylation is 1. The van der Waals surface area contributed by atoms with Gasteiger partial charge in [-0.3, -0.25) is 0 Å². The quantitative estimate of drug-likeness (QED) is 0.825. The van der Waals surface area contributed by atoms with Gasteiger partial charge in [-0.2, -0.15) is 0 Å². The molecule has 0 saturated carbocycles. The van der Waals surface area contributed by atoms with E-state index in [-0.39, 0.29) is 11.9 Å². The lowest BCUT2D eigenvalue weighted by Gasteiger charge is -2.16. The molecule has 0 aromatic heterocycles. The Hall–Kier alpha value is -1.61. The van der Waals surface area contributed by atoms with Crippen molar-refractivity contribution in [2.75, 3.05) is 5.32 Å². The molecule has 4 heteroatoms. The maximum absolute atomic E-state index is 13.5. The number of nitrogens with one attached hydrogen (secondary N) is 1. The third-order valence-electron chi connectivity index (χ3n) is 2.94. The van der Waals surface area contributed by atoms with Crippen LogP contribution in [0.5, 0.6) is 0 Å². The molecule has 0 aliphatic carbocycles. The average Bonchev–Trinajstić information content (AvgIpc) is 2.31. The van der Waals surface area contributed by atoms with E-state index in [9.17, 15) is 8.78 Å². The molecule has 0 spiro atoms. The third-order valence-corrected chi connectivity index (χ3v) is 3.16. The Labute approximate surface area is 116 Å². The maximum Gasteiger partial charge on any atom is 0.126 e. The highest BCUT2D eigenvalue weighted by Gasteiger charge is 2.09. The standard InChI is InChI=1S/C15H14ClF2N/c1-9-3-4-11(5-15(9)18)10(2)19-14-7-12(16)6-13(17)8-14/h3-8,10,19H,1-2H3. The zero-order valence-corrected chi connectivity index (χ0v) is 11.4. The van der Waals surface area contributed by atoms with Gasteiger partial charge in [-0.15, -0.1) is 0 Å². The molecule has 1 atom stereocenters. The molecule has 1 unspecified atom stereocenters. The molecule has 0 saturated heterocycles. The fourth-order valence-corrected chi connectivity index (χ4v) is 2.07. The Kier molecular flexibility index (Phi) is 4.05. The summed E-state index contributed by atoms with van der Waals surface area (Å²) in [5.74, 6) is -0.652. The van der Waals surface area contributed by atoms with Crippen LogP contribution in [-0.4, -0.2) is 0 Å². The van der Waals surface area contributed by atoms with Crippen LogP contribution in [0.1, 0.15) is 24.1 Å². The molecular formula is C15H14ClF2N. The lowest BCUT2D eigenvalue weighted by Crippen LogP contribution is -2.07. The number of halogens is 3. The predicted molar refractivity (Wildman–Crippen MR) is 74.6 cm³/mol. The van der Waals surface area contributed by atoms with Crippen LogP contribution >= 0.6 is 11.6 Å². The summed E-state index contributed by atoms with van der Waals surface area (Å²) in [6.07, 6.45) is 0. The van der Waals surface area contributed by atoms with Crippen LogP contribution in [0, 0.1) is 18.6 Å². The molecule has 0 amide bonds. The van der Waals surface area contributed by atoms with Crippen LogP contribution in [0.15, 0.2) is 36.4 Å². The van der Waals surface area contributed by atoms with Gasteiger partial charge in [0.05, 0.1) is 0 Å². The molecule has 2 aromatic rings. The van der Waals surface area contributed by atoms with Crippen molar-refractivity contribution in [1.29, 1.82) is 0 Å². The SMILES string of the molecule is Cc1ccc(C(C)Nc2cc(F)cc(Cl)c2)cc1F. The number of benzene rings is 2. The summed E-state index contributed by atoms with van der Waals surface area (Å²) in [7, 11) is 0. The lowest BCUT2D eigenvalue weighted by molar-refractivity contribution is 0.614. The van der Waals surface area contributed by atoms with Gasteiger partial charge in [0, 0.05) is 16.8 Å². The zero-order chi connectivity index (χ0) is 14.0. The first kappa shape index (κ1) is 13.8. The lowest BCUT2D eigenvalue weighted by atomic mass is 10.1. The smallest absolute Gasteiger partial charge is 0.126 e. The Morgan fingerprint density at radius 2 is 1.84 bits per heavy atom. The summed E-state index contributed by atoms with van der Waals surface area (Å²) in [6.45, 7) is 3.59. The van der Waals surface area contributed by atoms with Crippen molar-refractivity contribution in [3.05, 3.63) is 64.2 Å². The van der Waals surface area contributed by atoms with Crippen molar-refractivity contribution in [1.82, 2.24) is 0 Å². The molecule has 0 aliphatic heterocycles. The van der Waals surface area contributed by atoms with E-state index in [2.05, 4.69) is 5.32 Å². The highest BCUT2D eigenvalue weighted by atomic mass is 35.5. The van der Waals surface area contributed by atoms with Gasteiger partial charge >= 0.3 is 0 Å². The molecule has 2 rings (SSSR count). The first-order valence-electron chi connectivity index (χ1n) is 5.94. The molecule has 0 radical (unpaired) electrons. The molecule has 0 bridgehead atoms. The topological polar surface area (TPSA) is 12.0 Å². The molecule has 1 N–H and O–H groups in total. The second-order valence-corrected chi connectivity index (χ2v) is 4.97. The van der Waals surface area contributed by atoms with Gasteiger partial charge in [-0.05, 0) is 49.2 Å². The van der Waals surface area contributed by atoms with Gasteiger partial charge < -0.3 is 5.32 Å². The van der Waals surface area contributed by atoms with Crippen LogP contribution in [0.2, 0.25) is 5.02 Å². The van der Waals surface area contributed by atoms with Gasteiger partial charge in [0.1, 0.15) is 11.6 Å². The molecule has 2 aromatic carbocycles. The van der Waals surface area contributed by atoms with E-state index in [1.54, 1.807) is 19.1 Å². The summed E-state index contributed by atoms with van der Waals surface area (Å²) in [5.41, 5.74) is 1.96. The van der Waals surface area contributed by atoms with Gasteiger partial charge in [-0.1, -0.05) is 23.7 Å². The molecular weight excluding hydrogens is 268 g/mol. The minimum atomic E-state index is -0.405. The average molecular weight is 282 g/mol. The van der Waals surface area contributed by atoms with Crippen molar-refractivity contribution in [3.63, 3.8) is 0 Å². The Morgan fingerprint density at radius 1 is 1.11 bits per heavy atom. The minimum Gasteiger partial charge on any atom is -0.378 e. The maximum atomic E-state index is 13.5. The third kappa shape index (κ3) is 3.44. The first-order chi connectivity index (χ1) is 8.95. The predicted octanol–water partition coefficient (Wildman–Crippen LogP) is 5.10. The Bertz CT molecular complexity index is 578. The summed E-state index contributed by atoms with van der Waals surface area (Å²) in [6, 6.07) is 9.13. The van der Waals surface area contributed by atoms with E-state index in [1.807, 2.05) is 13.0 Å². The monoisotopic (exact) mass is 281 g/mol. The molecule has 100 valence electrons. The Balaban J connectivity index is 2.20. The van der Waals surface area contributed by atoms with Crippen molar-refractivity contribution < 1.29 is 8.78 Å². The van der Waals surface area contributed by atoms with Crippen LogP contribution in [-0.2, 0) is 0 Å². The highest BCUT2D eigenvalue weighted by Crippen LogP contribution is 2.24. The molecule has 0 aliphatic rings. The Morgan fingerprint density at radius 3 is 2.47 bits per heavy atom. The van der Waals surface area contributed by atoms with Gasteiger partial charge in [0.2, 0.25) is 0 Å². The summed E-state index contributed by atoms with van der Waals surface area (Å²) >= 11 is 5.79. The number of hydrogen-bond donors (Lipinski definition) is 1. The van der Waals surface area contributed by atoms with Gasteiger partial charge in [-0.25, -0.2) is 8.78 Å². The molecule has 0 heterocycles. The van der Waals surface area contributed by atoms with Gasteiger partial charge in [0.15, 0.2) is 0 Å². The van der Waals surface area contributed by atoms with Crippen molar-refractivity contribution in [2.45, 2.75) is 19.9 Å². The van der Waals surface area contributed by atoms with E-state index >= 15 is 0 Å². The van der Waals surface area contributed by atoms with Crippen LogP contribution in [0.3, 0.4) is 0 Å². The van der Waals surface area contributed by atoms with Crippen LogP contribution < -0.4 is 5.32 Å². The summed E-state index contributed by atoms with van der Waals surface area (Å²) < 4.78 is 26.7. The molecule has 19 heavy (non-hydrogen) atoms. The number of rotatable bonds is 3. The van der Waals surface area contributed by atoms with Crippen LogP contribution in [0.25, 0.3) is 0 Å². The fourth-order valence-electron chi connectivity index (χ4n) is 1.85. The van der Waals surface area contributed by atoms with Crippen molar-refractivity contribution in [2.24, 2.45) is 0 Å². The fraction of sp³-hybridized carbons (Fsp3) is 0.200. The largest absolute Gasteiger partial charge is 0.378 e. The minimum absolute atomic E-state index is 0.145. The van der Waals surface area contributed by atoms with E-state index in [0.717, 1.165) is 5.56 Å². The van der Waals surface area contributed by atoms with E-state index in [4.69, 9.17) is 11.6 Å². The van der Waals surface area contributed by atoms with Gasteiger partial charge in [0.25, 0.3) is 0 Å². The van der Waals surface area contributed by atoms with E-state index in [1.165, 1.54) is 18.2 Å². The normalized spacial score (nSPS) is 12.3. The van der Waals surface area contributed by atoms with Crippen molar-refractivity contribution >= 4 is 17.3 Å². The van der Waals surface area contributed by atoms with Crippen molar-refractivity contribution in [3.8, 4) is 0 Å². The zero-order valence-electron chi connectivity index (χ0n) is 10.7. The summed E-state index contributed by atoms with van der Waals surface area (Å²) in [4.78, 5) is 0. The van der Waals surface area contributed by atoms with Crippen LogP contribution in [0.4, 0.5) is 14.5 Å². The number of anilines is 1. The molecule has 0 fully saturated rings. The van der Waals surface area contributed by atoms with E-state index in [0.29, 0.717) is 16.3 Å².